The molecule has 2 aliphatic carbocycles. The number of ether oxygens (including phenoxy) is 4. The van der Waals surface area contributed by atoms with Crippen molar-refractivity contribution in [1.29, 1.82) is 0 Å². The van der Waals surface area contributed by atoms with Gasteiger partial charge in [0.05, 0.1) is 16.7 Å². The van der Waals surface area contributed by atoms with Gasteiger partial charge in [0.25, 0.3) is 0 Å². The van der Waals surface area contributed by atoms with Gasteiger partial charge in [-0.15, -0.1) is 0 Å². The Hall–Kier alpha value is -1.75. The van der Waals surface area contributed by atoms with Gasteiger partial charge in [-0.1, -0.05) is 6.92 Å². The Kier molecular flexibility index (Phi) is 2.40. The zero-order chi connectivity index (χ0) is 19.3. The standard InChI is InChI=1S/C17H18O10/c1-4-3-6-15-7(18)9-16(23,5(2)10(20)25-9)17(15,12(22)24-6)27-13-14(4,15)8(19)11(21)26-13/h4-9,13,18-19,23H,3H2,1-2H3/t4-,5-,6?,7+,8+,9?,13+,14?,15?,16-,17-/m1/s1. The molecule has 2 spiro atoms. The van der Waals surface area contributed by atoms with Crippen LogP contribution in [0.2, 0.25) is 0 Å². The Morgan fingerprint density at radius 1 is 1.04 bits per heavy atom. The maximum absolute atomic E-state index is 13.1. The number of hydrogen-bond donors (Lipinski definition) is 3. The van der Waals surface area contributed by atoms with E-state index in [0.717, 1.165) is 0 Å². The second-order valence-electron chi connectivity index (χ2n) is 8.65. The normalized spacial score (nSPS) is 64.8. The second-order valence-corrected chi connectivity index (χ2v) is 8.65. The monoisotopic (exact) mass is 382 g/mol. The van der Waals surface area contributed by atoms with Crippen molar-refractivity contribution in [2.75, 3.05) is 0 Å². The average molecular weight is 382 g/mol. The van der Waals surface area contributed by atoms with Crippen LogP contribution in [-0.2, 0) is 33.3 Å². The zero-order valence-corrected chi connectivity index (χ0v) is 14.4. The summed E-state index contributed by atoms with van der Waals surface area (Å²) in [6.07, 6.45) is -6.75. The lowest BCUT2D eigenvalue weighted by molar-refractivity contribution is -0.238. The summed E-state index contributed by atoms with van der Waals surface area (Å²) < 4.78 is 22.0. The number of carbonyl (C=O) groups is 3. The number of fused-ring (bicyclic) bond motifs is 1. The van der Waals surface area contributed by atoms with E-state index in [1.807, 2.05) is 0 Å². The molecule has 0 amide bonds. The molecule has 0 bridgehead atoms. The smallest absolute Gasteiger partial charge is 0.343 e. The van der Waals surface area contributed by atoms with Crippen LogP contribution in [0.4, 0.5) is 0 Å². The van der Waals surface area contributed by atoms with Crippen molar-refractivity contribution < 1.29 is 48.7 Å². The van der Waals surface area contributed by atoms with E-state index in [4.69, 9.17) is 18.9 Å². The Labute approximate surface area is 152 Å². The average Bonchev–Trinajstić information content (AvgIpc) is 3.30. The fourth-order valence-electron chi connectivity index (χ4n) is 7.42. The first kappa shape index (κ1) is 16.2. The van der Waals surface area contributed by atoms with E-state index in [9.17, 15) is 29.7 Å². The van der Waals surface area contributed by atoms with E-state index in [0.29, 0.717) is 0 Å². The van der Waals surface area contributed by atoms with Gasteiger partial charge in [-0.3, -0.25) is 4.79 Å². The Bertz CT molecular complexity index is 842. The molecule has 4 heterocycles. The highest BCUT2D eigenvalue weighted by Gasteiger charge is 3.03. The minimum atomic E-state index is -2.22. The molecule has 27 heavy (non-hydrogen) atoms. The van der Waals surface area contributed by atoms with Crippen molar-refractivity contribution in [3.63, 3.8) is 0 Å². The number of esters is 3. The maximum atomic E-state index is 13.1. The zero-order valence-electron chi connectivity index (χ0n) is 14.4. The van der Waals surface area contributed by atoms with Gasteiger partial charge in [-0.2, -0.15) is 0 Å². The summed E-state index contributed by atoms with van der Waals surface area (Å²) in [7, 11) is 0. The van der Waals surface area contributed by atoms with Gasteiger partial charge in [0.1, 0.15) is 12.2 Å². The predicted octanol–water partition coefficient (Wildman–Crippen LogP) is -2.40. The molecule has 11 atom stereocenters. The Balaban J connectivity index is 1.73. The minimum Gasteiger partial charge on any atom is -0.459 e. The summed E-state index contributed by atoms with van der Waals surface area (Å²) in [5.41, 5.74) is -7.59. The molecule has 4 saturated heterocycles. The molecule has 0 aromatic carbocycles. The van der Waals surface area contributed by atoms with E-state index in [1.165, 1.54) is 6.92 Å². The Morgan fingerprint density at radius 2 is 1.74 bits per heavy atom. The fourth-order valence-corrected chi connectivity index (χ4v) is 7.42. The van der Waals surface area contributed by atoms with Crippen molar-refractivity contribution in [2.24, 2.45) is 22.7 Å². The summed E-state index contributed by atoms with van der Waals surface area (Å²) in [6.45, 7) is 3.13. The van der Waals surface area contributed by atoms with Gasteiger partial charge in [0, 0.05) is 0 Å². The molecule has 6 fully saturated rings. The van der Waals surface area contributed by atoms with Crippen LogP contribution in [0.3, 0.4) is 0 Å². The van der Waals surface area contributed by atoms with E-state index in [1.54, 1.807) is 6.92 Å². The summed E-state index contributed by atoms with van der Waals surface area (Å²) in [6, 6.07) is 0. The van der Waals surface area contributed by atoms with Crippen LogP contribution in [0.15, 0.2) is 0 Å². The molecule has 4 unspecified atom stereocenters. The summed E-state index contributed by atoms with van der Waals surface area (Å²) in [4.78, 5) is 37.5. The number of rotatable bonds is 0. The SMILES string of the molecule is C[C@@H]1CC2OC(=O)[C@@]34O[C@@H]5OC(=O)[C@H](O)C51C23[C@@H](O)C1OC(=O)[C@@H](C)[C@@]14O. The lowest BCUT2D eigenvalue weighted by atomic mass is 9.54. The number of aliphatic hydroxyl groups is 3. The molecule has 0 radical (unpaired) electrons. The quantitative estimate of drug-likeness (QED) is 0.306. The summed E-state index contributed by atoms with van der Waals surface area (Å²) in [5, 5.41) is 33.8. The number of carbonyl (C=O) groups excluding carboxylic acids is 3. The molecule has 4 aliphatic heterocycles. The van der Waals surface area contributed by atoms with Gasteiger partial charge < -0.3 is 34.3 Å². The van der Waals surface area contributed by atoms with Gasteiger partial charge >= 0.3 is 17.9 Å². The molecule has 0 aromatic heterocycles. The third-order valence-electron chi connectivity index (χ3n) is 8.31. The molecular weight excluding hydrogens is 364 g/mol. The summed E-state index contributed by atoms with van der Waals surface area (Å²) in [5.74, 6) is -4.27. The van der Waals surface area contributed by atoms with E-state index >= 15 is 0 Å². The molecule has 0 aromatic rings. The van der Waals surface area contributed by atoms with Crippen molar-refractivity contribution in [3.05, 3.63) is 0 Å². The van der Waals surface area contributed by atoms with E-state index < -0.39 is 82.5 Å². The van der Waals surface area contributed by atoms with Gasteiger partial charge in [0.15, 0.2) is 17.8 Å². The van der Waals surface area contributed by atoms with Crippen LogP contribution in [0, 0.1) is 22.7 Å². The topological polar surface area (TPSA) is 149 Å². The van der Waals surface area contributed by atoms with Crippen molar-refractivity contribution in [1.82, 2.24) is 0 Å². The highest BCUT2D eigenvalue weighted by Crippen LogP contribution is 2.83. The van der Waals surface area contributed by atoms with Crippen molar-refractivity contribution in [2.45, 2.75) is 62.2 Å². The van der Waals surface area contributed by atoms with Crippen molar-refractivity contribution in [3.8, 4) is 0 Å². The second kappa shape index (κ2) is 4.00. The predicted molar refractivity (Wildman–Crippen MR) is 78.2 cm³/mol. The largest absolute Gasteiger partial charge is 0.459 e. The lowest BCUT2D eigenvalue weighted by Crippen LogP contribution is -2.66. The van der Waals surface area contributed by atoms with E-state index in [2.05, 4.69) is 0 Å². The first-order chi connectivity index (χ1) is 12.6. The van der Waals surface area contributed by atoms with Gasteiger partial charge in [-0.25, -0.2) is 9.59 Å². The molecular formula is C17H18O10. The molecule has 146 valence electrons. The molecule has 6 aliphatic rings. The molecule has 2 saturated carbocycles. The summed E-state index contributed by atoms with van der Waals surface area (Å²) >= 11 is 0. The van der Waals surface area contributed by atoms with Crippen LogP contribution in [0.25, 0.3) is 0 Å². The van der Waals surface area contributed by atoms with Crippen LogP contribution in [0.5, 0.6) is 0 Å². The van der Waals surface area contributed by atoms with Crippen LogP contribution in [0.1, 0.15) is 20.3 Å². The highest BCUT2D eigenvalue weighted by atomic mass is 16.8. The number of hydrogen-bond acceptors (Lipinski definition) is 10. The molecule has 10 nitrogen and oxygen atoms in total. The Morgan fingerprint density at radius 3 is 2.44 bits per heavy atom. The lowest BCUT2D eigenvalue weighted by Gasteiger charge is -2.44. The first-order valence-corrected chi connectivity index (χ1v) is 9.01. The van der Waals surface area contributed by atoms with Crippen LogP contribution < -0.4 is 0 Å². The third kappa shape index (κ3) is 1.06. The molecule has 10 heteroatoms. The van der Waals surface area contributed by atoms with Gasteiger partial charge in [0.2, 0.25) is 11.9 Å². The van der Waals surface area contributed by atoms with Crippen LogP contribution >= 0.6 is 0 Å². The number of aliphatic hydroxyl groups excluding tert-OH is 2. The van der Waals surface area contributed by atoms with Crippen LogP contribution in [-0.4, -0.2) is 75.1 Å². The fraction of sp³-hybridized carbons (Fsp3) is 0.824. The van der Waals surface area contributed by atoms with Gasteiger partial charge in [-0.05, 0) is 19.3 Å². The molecule has 3 N–H and O–H groups in total. The minimum absolute atomic E-state index is 0.239. The molecule has 6 rings (SSSR count). The maximum Gasteiger partial charge on any atom is 0.343 e. The van der Waals surface area contributed by atoms with Crippen molar-refractivity contribution >= 4 is 17.9 Å². The first-order valence-electron chi connectivity index (χ1n) is 9.01. The third-order valence-corrected chi connectivity index (χ3v) is 8.31. The van der Waals surface area contributed by atoms with E-state index in [-0.39, 0.29) is 6.42 Å². The highest BCUT2D eigenvalue weighted by molar-refractivity contribution is 5.94.